The van der Waals surface area contributed by atoms with Crippen LogP contribution in [0, 0.1) is 6.92 Å². The third-order valence-corrected chi connectivity index (χ3v) is 5.34. The van der Waals surface area contributed by atoms with E-state index in [1.165, 1.54) is 0 Å². The van der Waals surface area contributed by atoms with Gasteiger partial charge < -0.3 is 19.4 Å². The van der Waals surface area contributed by atoms with Crippen molar-refractivity contribution < 1.29 is 13.9 Å². The third kappa shape index (κ3) is 3.75. The predicted molar refractivity (Wildman–Crippen MR) is 101 cm³/mol. The van der Waals surface area contributed by atoms with Gasteiger partial charge in [-0.1, -0.05) is 0 Å². The lowest BCUT2D eigenvalue weighted by Crippen LogP contribution is -2.44. The molecule has 1 N–H and O–H groups in total. The maximum atomic E-state index is 12.5. The molecule has 0 radical (unpaired) electrons. The molecule has 3 rings (SSSR count). The maximum absolute atomic E-state index is 12.5. The van der Waals surface area contributed by atoms with Crippen LogP contribution in [0.4, 0.5) is 0 Å². The zero-order chi connectivity index (χ0) is 18.7. The number of amides is 1. The average molecular weight is 358 g/mol. The molecule has 1 aromatic carbocycles. The summed E-state index contributed by atoms with van der Waals surface area (Å²) in [6, 6.07) is 5.94. The molecule has 6 heteroatoms. The summed E-state index contributed by atoms with van der Waals surface area (Å²) >= 11 is 0. The van der Waals surface area contributed by atoms with Gasteiger partial charge in [-0.2, -0.15) is 0 Å². The van der Waals surface area contributed by atoms with Crippen LogP contribution in [0.25, 0.3) is 11.0 Å². The van der Waals surface area contributed by atoms with Crippen molar-refractivity contribution in [2.75, 3.05) is 27.2 Å². The van der Waals surface area contributed by atoms with Gasteiger partial charge in [0, 0.05) is 42.6 Å². The molecule has 1 amide bonds. The highest BCUT2D eigenvalue weighted by Gasteiger charge is 2.22. The molecule has 0 unspecified atom stereocenters. The smallest absolute Gasteiger partial charge is 0.339 e. The van der Waals surface area contributed by atoms with E-state index >= 15 is 0 Å². The molecule has 1 aliphatic rings. The van der Waals surface area contributed by atoms with E-state index in [0.29, 0.717) is 35.8 Å². The number of likely N-dealkylation sites (tertiary alicyclic amines) is 1. The molecule has 0 spiro atoms. The van der Waals surface area contributed by atoms with E-state index in [-0.39, 0.29) is 11.5 Å². The van der Waals surface area contributed by atoms with Gasteiger partial charge >= 0.3 is 5.63 Å². The Morgan fingerprint density at radius 1 is 1.35 bits per heavy atom. The van der Waals surface area contributed by atoms with E-state index in [1.54, 1.807) is 13.2 Å². The van der Waals surface area contributed by atoms with Crippen molar-refractivity contribution in [1.82, 2.24) is 10.2 Å². The summed E-state index contributed by atoms with van der Waals surface area (Å²) in [6.45, 7) is 3.45. The fourth-order valence-electron chi connectivity index (χ4n) is 3.60. The van der Waals surface area contributed by atoms with Crippen molar-refractivity contribution in [3.8, 4) is 5.75 Å². The van der Waals surface area contributed by atoms with Crippen LogP contribution in [0.3, 0.4) is 0 Å². The fraction of sp³-hybridized carbons (Fsp3) is 0.500. The van der Waals surface area contributed by atoms with Crippen LogP contribution >= 0.6 is 0 Å². The topological polar surface area (TPSA) is 71.8 Å². The number of carbonyl (C=O) groups excluding carboxylic acids is 1. The van der Waals surface area contributed by atoms with Crippen molar-refractivity contribution >= 4 is 16.9 Å². The van der Waals surface area contributed by atoms with Gasteiger partial charge in [0.25, 0.3) is 0 Å². The molecule has 1 aliphatic heterocycles. The van der Waals surface area contributed by atoms with Crippen molar-refractivity contribution in [2.45, 2.75) is 38.6 Å². The summed E-state index contributed by atoms with van der Waals surface area (Å²) < 4.78 is 10.6. The first-order valence-electron chi connectivity index (χ1n) is 9.09. The minimum absolute atomic E-state index is 0.105. The molecule has 2 aromatic rings. The highest BCUT2D eigenvalue weighted by molar-refractivity contribution is 5.82. The van der Waals surface area contributed by atoms with E-state index in [9.17, 15) is 9.59 Å². The first-order valence-corrected chi connectivity index (χ1v) is 9.09. The van der Waals surface area contributed by atoms with Crippen molar-refractivity contribution in [1.29, 1.82) is 0 Å². The van der Waals surface area contributed by atoms with E-state index in [1.807, 2.05) is 31.0 Å². The molecule has 0 bridgehead atoms. The van der Waals surface area contributed by atoms with Crippen LogP contribution in [0.2, 0.25) is 0 Å². The Bertz CT molecular complexity index is 851. The summed E-state index contributed by atoms with van der Waals surface area (Å²) in [5.41, 5.74) is 1.60. The molecule has 0 saturated carbocycles. The zero-order valence-electron chi connectivity index (χ0n) is 15.6. The highest BCUT2D eigenvalue weighted by Crippen LogP contribution is 2.24. The number of hydrogen-bond donors (Lipinski definition) is 1. The zero-order valence-corrected chi connectivity index (χ0v) is 15.6. The van der Waals surface area contributed by atoms with Gasteiger partial charge in [0.15, 0.2) is 0 Å². The number of nitrogens with zero attached hydrogens (tertiary/aromatic N) is 1. The monoisotopic (exact) mass is 358 g/mol. The van der Waals surface area contributed by atoms with Crippen LogP contribution in [-0.4, -0.2) is 44.1 Å². The minimum Gasteiger partial charge on any atom is -0.497 e. The lowest BCUT2D eigenvalue weighted by molar-refractivity contribution is -0.132. The van der Waals surface area contributed by atoms with E-state index in [4.69, 9.17) is 9.15 Å². The number of benzene rings is 1. The number of hydrogen-bond acceptors (Lipinski definition) is 5. The number of methoxy groups -OCH3 is 1. The fourth-order valence-corrected chi connectivity index (χ4v) is 3.60. The lowest BCUT2D eigenvalue weighted by atomic mass is 10.0. The summed E-state index contributed by atoms with van der Waals surface area (Å²) in [5.74, 6) is 0.751. The van der Waals surface area contributed by atoms with Crippen LogP contribution in [0.5, 0.6) is 5.75 Å². The number of rotatable bonds is 5. The van der Waals surface area contributed by atoms with Gasteiger partial charge in [-0.3, -0.25) is 4.79 Å². The Morgan fingerprint density at radius 2 is 2.08 bits per heavy atom. The van der Waals surface area contributed by atoms with Crippen LogP contribution in [0.1, 0.15) is 30.4 Å². The number of nitrogens with one attached hydrogen (secondary N) is 1. The third-order valence-electron chi connectivity index (χ3n) is 5.34. The SMILES string of the molecule is CNC1CCN(C(=O)CCc2c(C)c3ccc(OC)cc3oc2=O)CC1. The standard InChI is InChI=1S/C20H26N2O4/c1-13-16-5-4-15(25-3)12-18(16)26-20(24)17(13)6-7-19(23)22-10-8-14(21-2)9-11-22/h4-5,12,14,21H,6-11H2,1-3H3. The summed E-state index contributed by atoms with van der Waals surface area (Å²) in [4.78, 5) is 26.8. The van der Waals surface area contributed by atoms with Crippen molar-refractivity contribution in [3.05, 3.63) is 39.7 Å². The number of ether oxygens (including phenoxy) is 1. The van der Waals surface area contributed by atoms with Gasteiger partial charge in [-0.25, -0.2) is 4.79 Å². The van der Waals surface area contributed by atoms with Gasteiger partial charge in [0.05, 0.1) is 7.11 Å². The van der Waals surface area contributed by atoms with Crippen LogP contribution in [0.15, 0.2) is 27.4 Å². The molecule has 0 atom stereocenters. The molecule has 140 valence electrons. The second kappa shape index (κ2) is 7.91. The quantitative estimate of drug-likeness (QED) is 0.830. The van der Waals surface area contributed by atoms with Crippen LogP contribution < -0.4 is 15.7 Å². The largest absolute Gasteiger partial charge is 0.497 e. The molecule has 6 nitrogen and oxygen atoms in total. The lowest BCUT2D eigenvalue weighted by Gasteiger charge is -2.31. The van der Waals surface area contributed by atoms with E-state index in [2.05, 4.69) is 5.32 Å². The van der Waals surface area contributed by atoms with Gasteiger partial charge in [-0.05, 0) is 50.9 Å². The Balaban J connectivity index is 1.73. The molecular formula is C20H26N2O4. The molecule has 1 fully saturated rings. The van der Waals surface area contributed by atoms with Gasteiger partial charge in [0.1, 0.15) is 11.3 Å². The van der Waals surface area contributed by atoms with Gasteiger partial charge in [0.2, 0.25) is 5.91 Å². The van der Waals surface area contributed by atoms with E-state index < -0.39 is 0 Å². The Labute approximate surface area is 153 Å². The second-order valence-corrected chi connectivity index (χ2v) is 6.80. The Morgan fingerprint density at radius 3 is 2.73 bits per heavy atom. The average Bonchev–Trinajstić information content (AvgIpc) is 2.67. The number of aryl methyl sites for hydroxylation is 1. The molecule has 1 saturated heterocycles. The molecular weight excluding hydrogens is 332 g/mol. The van der Waals surface area contributed by atoms with E-state index in [0.717, 1.165) is 36.9 Å². The van der Waals surface area contributed by atoms with Crippen LogP contribution in [-0.2, 0) is 11.2 Å². The second-order valence-electron chi connectivity index (χ2n) is 6.80. The molecule has 26 heavy (non-hydrogen) atoms. The molecule has 1 aromatic heterocycles. The molecule has 2 heterocycles. The Kier molecular flexibility index (Phi) is 5.61. The number of fused-ring (bicyclic) bond motifs is 1. The summed E-state index contributed by atoms with van der Waals surface area (Å²) in [7, 11) is 3.53. The maximum Gasteiger partial charge on any atom is 0.339 e. The minimum atomic E-state index is -0.370. The predicted octanol–water partition coefficient (Wildman–Crippen LogP) is 2.25. The van der Waals surface area contributed by atoms with Crippen molar-refractivity contribution in [2.24, 2.45) is 0 Å². The number of carbonyl (C=O) groups is 1. The normalized spacial score (nSPS) is 15.4. The molecule has 0 aliphatic carbocycles. The first kappa shape index (κ1) is 18.5. The highest BCUT2D eigenvalue weighted by atomic mass is 16.5. The first-order chi connectivity index (χ1) is 12.5. The summed E-state index contributed by atoms with van der Waals surface area (Å²) in [5, 5.41) is 4.14. The van der Waals surface area contributed by atoms with Gasteiger partial charge in [-0.15, -0.1) is 0 Å². The van der Waals surface area contributed by atoms with Crippen molar-refractivity contribution in [3.63, 3.8) is 0 Å². The Hall–Kier alpha value is -2.34. The number of piperidine rings is 1. The summed E-state index contributed by atoms with van der Waals surface area (Å²) in [6.07, 6.45) is 2.68.